The van der Waals surface area contributed by atoms with E-state index in [2.05, 4.69) is 30.9 Å². The second kappa shape index (κ2) is 8.08. The molecule has 0 unspecified atom stereocenters. The maximum Gasteiger partial charge on any atom is 0.207 e. The van der Waals surface area contributed by atoms with Crippen LogP contribution in [0, 0.1) is 5.82 Å². The third kappa shape index (κ3) is 3.80. The minimum absolute atomic E-state index is 0.309. The van der Waals surface area contributed by atoms with Gasteiger partial charge in [-0.25, -0.2) is 9.37 Å². The largest absolute Gasteiger partial charge is 0.325 e. The van der Waals surface area contributed by atoms with E-state index in [0.29, 0.717) is 28.8 Å². The van der Waals surface area contributed by atoms with E-state index in [-0.39, 0.29) is 5.82 Å². The first-order chi connectivity index (χ1) is 15.2. The van der Waals surface area contributed by atoms with Crippen molar-refractivity contribution in [1.82, 2.24) is 20.1 Å². The zero-order valence-corrected chi connectivity index (χ0v) is 16.8. The maximum absolute atomic E-state index is 13.6. The predicted molar refractivity (Wildman–Crippen MR) is 115 cm³/mol. The van der Waals surface area contributed by atoms with Crippen LogP contribution in [-0.4, -0.2) is 20.4 Å². The van der Waals surface area contributed by atoms with Crippen molar-refractivity contribution in [3.63, 3.8) is 0 Å². The van der Waals surface area contributed by atoms with Crippen molar-refractivity contribution < 1.29 is 4.39 Å². The highest BCUT2D eigenvalue weighted by molar-refractivity contribution is 6.31. The third-order valence-electron chi connectivity index (χ3n) is 4.83. The summed E-state index contributed by atoms with van der Waals surface area (Å²) in [6, 6.07) is 17.5. The number of rotatable bonds is 5. The van der Waals surface area contributed by atoms with Crippen LogP contribution in [-0.2, 0) is 6.54 Å². The van der Waals surface area contributed by atoms with E-state index in [1.165, 1.54) is 12.1 Å². The van der Waals surface area contributed by atoms with Gasteiger partial charge in [0, 0.05) is 22.3 Å². The van der Waals surface area contributed by atoms with Crippen LogP contribution in [0.2, 0.25) is 5.02 Å². The van der Waals surface area contributed by atoms with Gasteiger partial charge in [-0.15, -0.1) is 10.2 Å². The van der Waals surface area contributed by atoms with Gasteiger partial charge in [0.1, 0.15) is 11.5 Å². The fourth-order valence-electron chi connectivity index (χ4n) is 3.37. The lowest BCUT2D eigenvalue weighted by molar-refractivity contribution is 0.628. The molecule has 0 amide bonds. The van der Waals surface area contributed by atoms with Gasteiger partial charge in [0.2, 0.25) is 5.84 Å². The molecule has 1 aliphatic rings. The molecule has 151 valence electrons. The zero-order chi connectivity index (χ0) is 21.2. The highest BCUT2D eigenvalue weighted by Crippen LogP contribution is 2.32. The molecule has 7 nitrogen and oxygen atoms in total. The molecule has 0 saturated carbocycles. The fourth-order valence-corrected chi connectivity index (χ4v) is 3.56. The van der Waals surface area contributed by atoms with E-state index in [1.807, 2.05) is 34.9 Å². The molecule has 2 aromatic carbocycles. The Morgan fingerprint density at radius 3 is 2.55 bits per heavy atom. The van der Waals surface area contributed by atoms with Crippen LogP contribution < -0.4 is 5.53 Å². The molecule has 0 saturated heterocycles. The van der Waals surface area contributed by atoms with Gasteiger partial charge in [0.05, 0.1) is 24.3 Å². The summed E-state index contributed by atoms with van der Waals surface area (Å²) in [6.45, 7) is 0.499. The Morgan fingerprint density at radius 2 is 1.77 bits per heavy atom. The molecule has 0 fully saturated rings. The summed E-state index contributed by atoms with van der Waals surface area (Å²) in [4.78, 5) is 9.11. The van der Waals surface area contributed by atoms with Gasteiger partial charge in [-0.2, -0.15) is 0 Å². The Labute approximate surface area is 181 Å². The van der Waals surface area contributed by atoms with Crippen molar-refractivity contribution in [2.24, 2.45) is 15.4 Å². The van der Waals surface area contributed by atoms with Crippen molar-refractivity contribution in [2.75, 3.05) is 0 Å². The summed E-state index contributed by atoms with van der Waals surface area (Å²) in [6.07, 6.45) is 3.39. The van der Waals surface area contributed by atoms with Crippen molar-refractivity contribution in [1.29, 1.82) is 0 Å². The second-order valence-electron chi connectivity index (χ2n) is 6.80. The quantitative estimate of drug-likeness (QED) is 0.441. The number of hydrogen-bond donors (Lipinski definition) is 0. The van der Waals surface area contributed by atoms with E-state index in [1.54, 1.807) is 30.7 Å². The lowest BCUT2D eigenvalue weighted by Gasteiger charge is -2.12. The number of halogens is 2. The van der Waals surface area contributed by atoms with E-state index >= 15 is 0 Å². The van der Waals surface area contributed by atoms with Crippen LogP contribution in [0.15, 0.2) is 88.6 Å². The van der Waals surface area contributed by atoms with Gasteiger partial charge in [0.15, 0.2) is 0 Å². The number of pyridine rings is 1. The molecule has 1 radical (unpaired) electrons. The van der Waals surface area contributed by atoms with Crippen LogP contribution in [0.5, 0.6) is 0 Å². The molecule has 1 aliphatic heterocycles. The molecule has 3 heterocycles. The van der Waals surface area contributed by atoms with Crippen LogP contribution in [0.1, 0.15) is 11.1 Å². The van der Waals surface area contributed by atoms with Crippen molar-refractivity contribution in [2.45, 2.75) is 6.54 Å². The number of aromatic nitrogens is 3. The van der Waals surface area contributed by atoms with Gasteiger partial charge in [-0.1, -0.05) is 29.8 Å². The summed E-state index contributed by atoms with van der Waals surface area (Å²) in [5.74, 6) is 0.0958. The normalized spacial score (nSPS) is 12.6. The summed E-state index contributed by atoms with van der Waals surface area (Å²) in [5, 5.41) is 12.0. The molecule has 2 aromatic heterocycles. The van der Waals surface area contributed by atoms with Crippen molar-refractivity contribution in [3.05, 3.63) is 95.2 Å². The standard InChI is InChI=1S/C22H14ClFN7/c23-18-4-2-1-3-16(18)12-31-13-26-20(21(31)14-5-7-17(24)8-6-14)19-11-15(9-10-25-19)22-27-29-30-28-22/h1-11,13H,12H2. The molecular formula is C22H14ClFN7. The van der Waals surface area contributed by atoms with Crippen LogP contribution in [0.3, 0.4) is 0 Å². The lowest BCUT2D eigenvalue weighted by atomic mass is 10.1. The Hall–Kier alpha value is -3.91. The Balaban J connectivity index is 1.63. The number of nitrogens with zero attached hydrogens (tertiary/aromatic N) is 7. The minimum Gasteiger partial charge on any atom is -0.325 e. The Kier molecular flexibility index (Phi) is 4.97. The summed E-state index contributed by atoms with van der Waals surface area (Å²) < 4.78 is 15.6. The first-order valence-corrected chi connectivity index (χ1v) is 9.77. The van der Waals surface area contributed by atoms with Crippen LogP contribution in [0.4, 0.5) is 4.39 Å². The topological polar surface area (TPSA) is 81.9 Å². The Morgan fingerprint density at radius 1 is 0.935 bits per heavy atom. The molecule has 0 N–H and O–H groups in total. The highest BCUT2D eigenvalue weighted by atomic mass is 35.5. The second-order valence-corrected chi connectivity index (χ2v) is 7.21. The molecule has 9 heteroatoms. The molecule has 31 heavy (non-hydrogen) atoms. The van der Waals surface area contributed by atoms with E-state index in [9.17, 15) is 4.39 Å². The van der Waals surface area contributed by atoms with Gasteiger partial charge >= 0.3 is 0 Å². The number of benzene rings is 2. The molecular weight excluding hydrogens is 417 g/mol. The monoisotopic (exact) mass is 430 g/mol. The lowest BCUT2D eigenvalue weighted by Crippen LogP contribution is -2.02. The van der Waals surface area contributed by atoms with Gasteiger partial charge in [-0.3, -0.25) is 4.98 Å². The predicted octanol–water partition coefficient (Wildman–Crippen LogP) is 5.10. The highest BCUT2D eigenvalue weighted by Gasteiger charge is 2.19. The SMILES string of the molecule is Fc1ccc(-c2c(-c3cc(C4=N[N]N=N4)ccn3)ncn2Cc2ccccc2Cl)cc1. The molecule has 4 aromatic rings. The van der Waals surface area contributed by atoms with Crippen LogP contribution >= 0.6 is 11.6 Å². The van der Waals surface area contributed by atoms with Gasteiger partial charge in [0.25, 0.3) is 0 Å². The van der Waals surface area contributed by atoms with E-state index < -0.39 is 0 Å². The number of amidine groups is 1. The molecule has 5 rings (SSSR count). The zero-order valence-electron chi connectivity index (χ0n) is 16.0. The fraction of sp³-hybridized carbons (Fsp3) is 0.0455. The van der Waals surface area contributed by atoms with E-state index in [4.69, 9.17) is 11.6 Å². The molecule has 0 aliphatic carbocycles. The number of imidazole rings is 1. The average molecular weight is 431 g/mol. The maximum atomic E-state index is 13.6. The molecule has 0 atom stereocenters. The molecule has 0 spiro atoms. The average Bonchev–Trinajstić information content (AvgIpc) is 3.47. The van der Waals surface area contributed by atoms with Gasteiger partial charge < -0.3 is 4.57 Å². The summed E-state index contributed by atoms with van der Waals surface area (Å²) in [7, 11) is 0. The molecule has 0 bridgehead atoms. The van der Waals surface area contributed by atoms with Crippen molar-refractivity contribution in [3.8, 4) is 22.6 Å². The first-order valence-electron chi connectivity index (χ1n) is 9.39. The summed E-state index contributed by atoms with van der Waals surface area (Å²) >= 11 is 6.37. The van der Waals surface area contributed by atoms with Crippen molar-refractivity contribution >= 4 is 17.4 Å². The minimum atomic E-state index is -0.309. The van der Waals surface area contributed by atoms with Gasteiger partial charge in [-0.05, 0) is 58.8 Å². The number of hydrogen-bond acceptors (Lipinski definition) is 5. The summed E-state index contributed by atoms with van der Waals surface area (Å²) in [5.41, 5.74) is 8.08. The Bertz CT molecular complexity index is 1310. The smallest absolute Gasteiger partial charge is 0.207 e. The van der Waals surface area contributed by atoms with Crippen LogP contribution in [0.25, 0.3) is 22.6 Å². The third-order valence-corrected chi connectivity index (χ3v) is 5.20. The van der Waals surface area contributed by atoms with E-state index in [0.717, 1.165) is 22.4 Å². The first kappa shape index (κ1) is 19.1.